The molecule has 0 unspecified atom stereocenters. The molecular formula is C26H23FOP+. The predicted molar refractivity (Wildman–Crippen MR) is 122 cm³/mol. The van der Waals surface area contributed by atoms with E-state index in [-0.39, 0.29) is 11.6 Å². The molecule has 3 heteroatoms. The topological polar surface area (TPSA) is 9.23 Å². The summed E-state index contributed by atoms with van der Waals surface area (Å²) in [6.45, 7) is 0. The van der Waals surface area contributed by atoms with Crippen LogP contribution in [0.25, 0.3) is 0 Å². The van der Waals surface area contributed by atoms with Crippen LogP contribution in [0.4, 0.5) is 4.39 Å². The van der Waals surface area contributed by atoms with E-state index in [2.05, 4.69) is 91.0 Å². The lowest BCUT2D eigenvalue weighted by Crippen LogP contribution is -2.32. The summed E-state index contributed by atoms with van der Waals surface area (Å²) >= 11 is 0. The fraction of sp³-hybridized carbons (Fsp3) is 0.0769. The lowest BCUT2D eigenvalue weighted by molar-refractivity contribution is 0.386. The molecule has 4 aromatic rings. The first-order valence-corrected chi connectivity index (χ1v) is 11.6. The van der Waals surface area contributed by atoms with Gasteiger partial charge < -0.3 is 4.74 Å². The maximum Gasteiger partial charge on any atom is 0.165 e. The molecule has 0 heterocycles. The molecule has 4 rings (SSSR count). The van der Waals surface area contributed by atoms with Gasteiger partial charge in [0.15, 0.2) is 11.6 Å². The minimum Gasteiger partial charge on any atom is -0.494 e. The van der Waals surface area contributed by atoms with E-state index in [9.17, 15) is 4.39 Å². The quantitative estimate of drug-likeness (QED) is 0.397. The molecule has 0 amide bonds. The molecule has 1 nitrogen and oxygen atoms in total. The van der Waals surface area contributed by atoms with Crippen LogP contribution in [0.1, 0.15) is 5.56 Å². The Balaban J connectivity index is 1.98. The zero-order valence-corrected chi connectivity index (χ0v) is 17.2. The SMILES string of the molecule is COc1cc(C[P+](c2ccccc2)(c2ccccc2)c2ccccc2)ccc1F. The summed E-state index contributed by atoms with van der Waals surface area (Å²) < 4.78 is 19.3. The van der Waals surface area contributed by atoms with Crippen molar-refractivity contribution in [3.8, 4) is 5.75 Å². The van der Waals surface area contributed by atoms with Gasteiger partial charge in [0.2, 0.25) is 0 Å². The summed E-state index contributed by atoms with van der Waals surface area (Å²) in [5.74, 6) is -0.0471. The van der Waals surface area contributed by atoms with Gasteiger partial charge in [-0.25, -0.2) is 4.39 Å². The van der Waals surface area contributed by atoms with Gasteiger partial charge in [0.1, 0.15) is 23.2 Å². The Morgan fingerprint density at radius 2 is 1.10 bits per heavy atom. The fourth-order valence-electron chi connectivity index (χ4n) is 3.84. The minimum atomic E-state index is -2.00. The number of benzene rings is 4. The van der Waals surface area contributed by atoms with Crippen molar-refractivity contribution in [2.45, 2.75) is 6.16 Å². The molecule has 0 N–H and O–H groups in total. The van der Waals surface area contributed by atoms with Crippen molar-refractivity contribution in [2.75, 3.05) is 7.11 Å². The van der Waals surface area contributed by atoms with Crippen molar-refractivity contribution in [3.05, 3.63) is 121 Å². The van der Waals surface area contributed by atoms with E-state index in [4.69, 9.17) is 4.74 Å². The zero-order valence-electron chi connectivity index (χ0n) is 16.3. The van der Waals surface area contributed by atoms with Gasteiger partial charge in [0.25, 0.3) is 0 Å². The molecule has 0 radical (unpaired) electrons. The monoisotopic (exact) mass is 401 g/mol. The molecule has 0 aliphatic heterocycles. The van der Waals surface area contributed by atoms with Crippen LogP contribution in [0.15, 0.2) is 109 Å². The van der Waals surface area contributed by atoms with Crippen LogP contribution in [0.5, 0.6) is 5.75 Å². The number of hydrogen-bond donors (Lipinski definition) is 0. The van der Waals surface area contributed by atoms with E-state index in [0.29, 0.717) is 0 Å². The highest BCUT2D eigenvalue weighted by Crippen LogP contribution is 2.58. The summed E-state index contributed by atoms with van der Waals surface area (Å²) in [5.41, 5.74) is 1.06. The van der Waals surface area contributed by atoms with Crippen molar-refractivity contribution in [3.63, 3.8) is 0 Å². The molecule has 0 fully saturated rings. The lowest BCUT2D eigenvalue weighted by Gasteiger charge is -2.28. The standard InChI is InChI=1S/C26H23FOP/c1-28-26-19-21(17-18-25(26)27)20-29(22-11-5-2-6-12-22,23-13-7-3-8-14-23)24-15-9-4-10-16-24/h2-19H,20H2,1H3/q+1. The van der Waals surface area contributed by atoms with Crippen molar-refractivity contribution < 1.29 is 9.13 Å². The predicted octanol–water partition coefficient (Wildman–Crippen LogP) is 5.33. The first-order chi connectivity index (χ1) is 14.2. The third-order valence-electron chi connectivity index (χ3n) is 5.23. The van der Waals surface area contributed by atoms with Gasteiger partial charge in [-0.1, -0.05) is 60.7 Å². The van der Waals surface area contributed by atoms with Gasteiger partial charge in [0.05, 0.1) is 13.3 Å². The third-order valence-corrected chi connectivity index (χ3v) is 9.60. The number of halogens is 1. The van der Waals surface area contributed by atoms with Crippen molar-refractivity contribution in [1.82, 2.24) is 0 Å². The van der Waals surface area contributed by atoms with Gasteiger partial charge in [-0.2, -0.15) is 0 Å². The van der Waals surface area contributed by atoms with E-state index in [1.165, 1.54) is 29.1 Å². The molecule has 0 aliphatic carbocycles. The van der Waals surface area contributed by atoms with Crippen LogP contribution in [-0.4, -0.2) is 7.11 Å². The van der Waals surface area contributed by atoms with Gasteiger partial charge in [-0.3, -0.25) is 0 Å². The number of hydrogen-bond acceptors (Lipinski definition) is 1. The van der Waals surface area contributed by atoms with Crippen LogP contribution in [0.2, 0.25) is 0 Å². The van der Waals surface area contributed by atoms with Crippen molar-refractivity contribution in [1.29, 1.82) is 0 Å². The summed E-state index contributed by atoms with van der Waals surface area (Å²) in [6, 6.07) is 37.3. The zero-order chi connectivity index (χ0) is 20.1. The summed E-state index contributed by atoms with van der Waals surface area (Å²) in [4.78, 5) is 0. The van der Waals surface area contributed by atoms with Crippen LogP contribution in [-0.2, 0) is 6.16 Å². The Hall–Kier alpha value is -2.96. The fourth-order valence-corrected chi connectivity index (χ4v) is 8.07. The second-order valence-electron chi connectivity index (χ2n) is 6.94. The number of ether oxygens (including phenoxy) is 1. The van der Waals surface area contributed by atoms with Crippen molar-refractivity contribution >= 4 is 23.2 Å². The minimum absolute atomic E-state index is 0.287. The number of rotatable bonds is 6. The van der Waals surface area contributed by atoms with Gasteiger partial charge in [0, 0.05) is 0 Å². The second kappa shape index (κ2) is 8.59. The average molecular weight is 401 g/mol. The summed E-state index contributed by atoms with van der Waals surface area (Å²) in [6.07, 6.45) is 0.793. The Kier molecular flexibility index (Phi) is 5.74. The van der Waals surface area contributed by atoms with Crippen LogP contribution < -0.4 is 20.7 Å². The molecule has 4 aromatic carbocycles. The Morgan fingerprint density at radius 1 is 0.655 bits per heavy atom. The van der Waals surface area contributed by atoms with Gasteiger partial charge >= 0.3 is 0 Å². The van der Waals surface area contributed by atoms with Crippen LogP contribution in [0.3, 0.4) is 0 Å². The first kappa shape index (κ1) is 19.4. The maximum atomic E-state index is 14.1. The Labute approximate surface area is 172 Å². The van der Waals surface area contributed by atoms with E-state index in [1.807, 2.05) is 12.1 Å². The molecule has 0 bridgehead atoms. The van der Waals surface area contributed by atoms with E-state index in [0.717, 1.165) is 11.7 Å². The van der Waals surface area contributed by atoms with Crippen molar-refractivity contribution in [2.24, 2.45) is 0 Å². The molecule has 0 saturated carbocycles. The van der Waals surface area contributed by atoms with E-state index >= 15 is 0 Å². The smallest absolute Gasteiger partial charge is 0.165 e. The van der Waals surface area contributed by atoms with E-state index in [1.54, 1.807) is 0 Å². The summed E-state index contributed by atoms with van der Waals surface area (Å²) in [5, 5.41) is 3.92. The lowest BCUT2D eigenvalue weighted by atomic mass is 10.2. The highest BCUT2D eigenvalue weighted by molar-refractivity contribution is 7.95. The Morgan fingerprint density at radius 3 is 1.52 bits per heavy atom. The average Bonchev–Trinajstić information content (AvgIpc) is 2.80. The molecule has 0 aliphatic rings. The molecule has 0 saturated heterocycles. The van der Waals surface area contributed by atoms with Crippen LogP contribution in [0, 0.1) is 5.82 Å². The van der Waals surface area contributed by atoms with Crippen LogP contribution >= 0.6 is 7.26 Å². The normalized spacial score (nSPS) is 11.2. The molecule has 29 heavy (non-hydrogen) atoms. The maximum absolute atomic E-state index is 14.1. The second-order valence-corrected chi connectivity index (χ2v) is 10.4. The van der Waals surface area contributed by atoms with Gasteiger partial charge in [-0.15, -0.1) is 0 Å². The molecule has 144 valence electrons. The van der Waals surface area contributed by atoms with Gasteiger partial charge in [-0.05, 0) is 54.1 Å². The highest BCUT2D eigenvalue weighted by atomic mass is 31.2. The highest BCUT2D eigenvalue weighted by Gasteiger charge is 2.45. The third kappa shape index (κ3) is 3.81. The molecular weight excluding hydrogens is 378 g/mol. The summed E-state index contributed by atoms with van der Waals surface area (Å²) in [7, 11) is -0.489. The molecule has 0 spiro atoms. The number of methoxy groups -OCH3 is 1. The molecule has 0 aromatic heterocycles. The largest absolute Gasteiger partial charge is 0.494 e. The van der Waals surface area contributed by atoms with E-state index < -0.39 is 7.26 Å². The Bertz CT molecular complexity index is 969. The molecule has 0 atom stereocenters. The first-order valence-electron chi connectivity index (χ1n) is 9.61.